The second-order valence-electron chi connectivity index (χ2n) is 5.07. The van der Waals surface area contributed by atoms with E-state index < -0.39 is 11.9 Å². The first-order valence-corrected chi connectivity index (χ1v) is 6.57. The molecule has 21 heavy (non-hydrogen) atoms. The molecule has 0 aliphatic heterocycles. The summed E-state index contributed by atoms with van der Waals surface area (Å²) in [5.41, 5.74) is 0.368. The SMILES string of the molecule is CC(CN(C)C(=O)c1ccc(F)c2ccccc12)C(=O)O. The van der Waals surface area contributed by atoms with Crippen molar-refractivity contribution in [3.8, 4) is 0 Å². The summed E-state index contributed by atoms with van der Waals surface area (Å²) < 4.78 is 13.7. The van der Waals surface area contributed by atoms with E-state index in [1.165, 1.54) is 24.0 Å². The first kappa shape index (κ1) is 15.0. The number of hydrogen-bond acceptors (Lipinski definition) is 2. The number of amides is 1. The van der Waals surface area contributed by atoms with Crippen molar-refractivity contribution in [2.24, 2.45) is 5.92 Å². The Morgan fingerprint density at radius 3 is 2.43 bits per heavy atom. The van der Waals surface area contributed by atoms with Gasteiger partial charge in [0.2, 0.25) is 0 Å². The second kappa shape index (κ2) is 5.91. The molecule has 1 amide bonds. The van der Waals surface area contributed by atoms with Crippen LogP contribution in [0.3, 0.4) is 0 Å². The molecule has 5 heteroatoms. The molecule has 1 atom stereocenters. The third-order valence-electron chi connectivity index (χ3n) is 3.42. The minimum Gasteiger partial charge on any atom is -0.481 e. The largest absolute Gasteiger partial charge is 0.481 e. The number of aliphatic carboxylic acids is 1. The van der Waals surface area contributed by atoms with Crippen LogP contribution in [0.2, 0.25) is 0 Å². The number of halogens is 1. The predicted molar refractivity (Wildman–Crippen MR) is 77.7 cm³/mol. The van der Waals surface area contributed by atoms with Crippen LogP contribution in [0.25, 0.3) is 10.8 Å². The van der Waals surface area contributed by atoms with Gasteiger partial charge < -0.3 is 10.0 Å². The number of carbonyl (C=O) groups is 2. The molecule has 2 aromatic rings. The van der Waals surface area contributed by atoms with E-state index >= 15 is 0 Å². The maximum atomic E-state index is 13.7. The van der Waals surface area contributed by atoms with Gasteiger partial charge in [0.1, 0.15) is 5.82 Å². The Balaban J connectivity index is 2.36. The van der Waals surface area contributed by atoms with Crippen molar-refractivity contribution >= 4 is 22.6 Å². The summed E-state index contributed by atoms with van der Waals surface area (Å²) in [4.78, 5) is 24.6. The summed E-state index contributed by atoms with van der Waals surface area (Å²) in [5.74, 6) is -2.33. The number of rotatable bonds is 4. The van der Waals surface area contributed by atoms with Crippen molar-refractivity contribution in [3.63, 3.8) is 0 Å². The van der Waals surface area contributed by atoms with Gasteiger partial charge in [0.15, 0.2) is 0 Å². The van der Waals surface area contributed by atoms with Crippen LogP contribution in [0.1, 0.15) is 17.3 Å². The molecule has 2 rings (SSSR count). The lowest BCUT2D eigenvalue weighted by molar-refractivity contribution is -0.141. The third kappa shape index (κ3) is 3.02. The standard InChI is InChI=1S/C16H16FNO3/c1-10(16(20)21)9-18(2)15(19)13-7-8-14(17)12-6-4-3-5-11(12)13/h3-8,10H,9H2,1-2H3,(H,20,21). The lowest BCUT2D eigenvalue weighted by Crippen LogP contribution is -2.33. The highest BCUT2D eigenvalue weighted by Crippen LogP contribution is 2.23. The summed E-state index contributed by atoms with van der Waals surface area (Å²) in [6, 6.07) is 9.42. The van der Waals surface area contributed by atoms with Crippen LogP contribution in [0.5, 0.6) is 0 Å². The molecule has 1 N–H and O–H groups in total. The number of benzene rings is 2. The normalized spacial score (nSPS) is 12.1. The Kier molecular flexibility index (Phi) is 4.21. The van der Waals surface area contributed by atoms with Gasteiger partial charge in [0, 0.05) is 24.5 Å². The van der Waals surface area contributed by atoms with E-state index in [2.05, 4.69) is 0 Å². The number of fused-ring (bicyclic) bond motifs is 1. The molecule has 0 saturated carbocycles. The summed E-state index contributed by atoms with van der Waals surface area (Å²) in [7, 11) is 1.54. The van der Waals surface area contributed by atoms with Crippen molar-refractivity contribution in [2.45, 2.75) is 6.92 Å². The van der Waals surface area contributed by atoms with Crippen molar-refractivity contribution < 1.29 is 19.1 Å². The van der Waals surface area contributed by atoms with Crippen molar-refractivity contribution in [3.05, 3.63) is 47.8 Å². The second-order valence-corrected chi connectivity index (χ2v) is 5.07. The zero-order valence-corrected chi connectivity index (χ0v) is 11.8. The highest BCUT2D eigenvalue weighted by Gasteiger charge is 2.20. The Morgan fingerprint density at radius 1 is 1.19 bits per heavy atom. The van der Waals surface area contributed by atoms with Gasteiger partial charge in [-0.15, -0.1) is 0 Å². The average Bonchev–Trinajstić information content (AvgIpc) is 2.47. The fraction of sp³-hybridized carbons (Fsp3) is 0.250. The van der Waals surface area contributed by atoms with E-state index in [-0.39, 0.29) is 18.3 Å². The summed E-state index contributed by atoms with van der Waals surface area (Å²) in [5, 5.41) is 9.81. The van der Waals surface area contributed by atoms with E-state index in [0.29, 0.717) is 16.3 Å². The lowest BCUT2D eigenvalue weighted by atomic mass is 10.0. The fourth-order valence-corrected chi connectivity index (χ4v) is 2.23. The van der Waals surface area contributed by atoms with E-state index in [1.54, 1.807) is 31.3 Å². The Hall–Kier alpha value is -2.43. The quantitative estimate of drug-likeness (QED) is 0.941. The van der Waals surface area contributed by atoms with Crippen LogP contribution in [-0.4, -0.2) is 35.5 Å². The van der Waals surface area contributed by atoms with Crippen LogP contribution >= 0.6 is 0 Å². The van der Waals surface area contributed by atoms with Crippen LogP contribution in [0, 0.1) is 11.7 Å². The fourth-order valence-electron chi connectivity index (χ4n) is 2.23. The van der Waals surface area contributed by atoms with Crippen LogP contribution < -0.4 is 0 Å². The molecule has 110 valence electrons. The van der Waals surface area contributed by atoms with E-state index in [1.807, 2.05) is 0 Å². The molecule has 0 heterocycles. The highest BCUT2D eigenvalue weighted by atomic mass is 19.1. The molecule has 0 bridgehead atoms. The maximum absolute atomic E-state index is 13.7. The molecule has 0 aliphatic carbocycles. The predicted octanol–water partition coefficient (Wildman–Crippen LogP) is 2.77. The Morgan fingerprint density at radius 2 is 1.81 bits per heavy atom. The van der Waals surface area contributed by atoms with Gasteiger partial charge in [0.25, 0.3) is 5.91 Å². The summed E-state index contributed by atoms with van der Waals surface area (Å²) >= 11 is 0. The molecule has 1 unspecified atom stereocenters. The van der Waals surface area contributed by atoms with E-state index in [9.17, 15) is 14.0 Å². The minimum atomic E-state index is -0.960. The van der Waals surface area contributed by atoms with Crippen LogP contribution in [0.4, 0.5) is 4.39 Å². The van der Waals surface area contributed by atoms with Crippen molar-refractivity contribution in [1.82, 2.24) is 4.90 Å². The van der Waals surface area contributed by atoms with Gasteiger partial charge in [-0.2, -0.15) is 0 Å². The third-order valence-corrected chi connectivity index (χ3v) is 3.42. The maximum Gasteiger partial charge on any atom is 0.308 e. The summed E-state index contributed by atoms with van der Waals surface area (Å²) in [6.07, 6.45) is 0. The molecule has 0 fully saturated rings. The monoisotopic (exact) mass is 289 g/mol. The average molecular weight is 289 g/mol. The van der Waals surface area contributed by atoms with Crippen LogP contribution in [0.15, 0.2) is 36.4 Å². The first-order chi connectivity index (χ1) is 9.91. The molecule has 0 saturated heterocycles. The van der Waals surface area contributed by atoms with Gasteiger partial charge in [-0.25, -0.2) is 4.39 Å². The highest BCUT2D eigenvalue weighted by molar-refractivity contribution is 6.07. The molecule has 0 aromatic heterocycles. The molecule has 2 aromatic carbocycles. The van der Waals surface area contributed by atoms with Crippen LogP contribution in [-0.2, 0) is 4.79 Å². The van der Waals surface area contributed by atoms with Gasteiger partial charge >= 0.3 is 5.97 Å². The summed E-state index contributed by atoms with van der Waals surface area (Å²) in [6.45, 7) is 1.63. The number of nitrogens with zero attached hydrogens (tertiary/aromatic N) is 1. The van der Waals surface area contributed by atoms with Crippen molar-refractivity contribution in [1.29, 1.82) is 0 Å². The van der Waals surface area contributed by atoms with E-state index in [0.717, 1.165) is 0 Å². The molecular weight excluding hydrogens is 273 g/mol. The number of carboxylic acid groups (broad SMARTS) is 1. The number of carbonyl (C=O) groups excluding carboxylic acids is 1. The minimum absolute atomic E-state index is 0.0971. The lowest BCUT2D eigenvalue weighted by Gasteiger charge is -2.20. The van der Waals surface area contributed by atoms with E-state index in [4.69, 9.17) is 5.11 Å². The van der Waals surface area contributed by atoms with Gasteiger partial charge in [-0.1, -0.05) is 31.2 Å². The Labute approximate surface area is 121 Å². The Bertz CT molecular complexity index is 699. The topological polar surface area (TPSA) is 57.6 Å². The molecule has 4 nitrogen and oxygen atoms in total. The van der Waals surface area contributed by atoms with Crippen molar-refractivity contribution in [2.75, 3.05) is 13.6 Å². The molecule has 0 radical (unpaired) electrons. The molecular formula is C16H16FNO3. The zero-order chi connectivity index (χ0) is 15.6. The zero-order valence-electron chi connectivity index (χ0n) is 11.8. The smallest absolute Gasteiger partial charge is 0.308 e. The number of carboxylic acids is 1. The number of hydrogen-bond donors (Lipinski definition) is 1. The molecule has 0 spiro atoms. The van der Waals surface area contributed by atoms with Gasteiger partial charge in [0.05, 0.1) is 5.92 Å². The molecule has 0 aliphatic rings. The van der Waals surface area contributed by atoms with Gasteiger partial charge in [-0.05, 0) is 17.5 Å². The first-order valence-electron chi connectivity index (χ1n) is 6.57. The van der Waals surface area contributed by atoms with Gasteiger partial charge in [-0.3, -0.25) is 9.59 Å².